The molecule has 1 aliphatic rings. The van der Waals surface area contributed by atoms with E-state index in [4.69, 9.17) is 5.11 Å². The fourth-order valence-electron chi connectivity index (χ4n) is 2.96. The van der Waals surface area contributed by atoms with Gasteiger partial charge < -0.3 is 10.4 Å². The summed E-state index contributed by atoms with van der Waals surface area (Å²) in [5.41, 5.74) is 1.74. The normalized spacial score (nSPS) is 20.9. The van der Waals surface area contributed by atoms with E-state index in [1.54, 1.807) is 17.5 Å². The number of nitrogens with one attached hydrogen (secondary N) is 1. The molecule has 0 aliphatic heterocycles. The molecule has 0 bridgehead atoms. The molecule has 2 atom stereocenters. The van der Waals surface area contributed by atoms with Gasteiger partial charge in [-0.1, -0.05) is 6.42 Å². The van der Waals surface area contributed by atoms with Crippen LogP contribution >= 0.6 is 11.3 Å². The predicted octanol–water partition coefficient (Wildman–Crippen LogP) is 3.64. The van der Waals surface area contributed by atoms with Crippen molar-refractivity contribution in [2.75, 3.05) is 5.32 Å². The van der Waals surface area contributed by atoms with Gasteiger partial charge in [0.25, 0.3) is 0 Å². The Labute approximate surface area is 138 Å². The third-order valence-electron chi connectivity index (χ3n) is 4.23. The van der Waals surface area contributed by atoms with Crippen LogP contribution in [0.1, 0.15) is 25.7 Å². The van der Waals surface area contributed by atoms with Crippen molar-refractivity contribution >= 4 is 28.9 Å². The maximum Gasteiger partial charge on any atom is 0.306 e. The van der Waals surface area contributed by atoms with Crippen molar-refractivity contribution in [3.8, 4) is 10.6 Å². The van der Waals surface area contributed by atoms with Gasteiger partial charge in [0, 0.05) is 28.7 Å². The predicted molar refractivity (Wildman–Crippen MR) is 89.3 cm³/mol. The molecule has 120 valence electrons. The molecule has 2 unspecified atom stereocenters. The average molecular weight is 330 g/mol. The summed E-state index contributed by atoms with van der Waals surface area (Å²) in [5.74, 6) is -1.50. The van der Waals surface area contributed by atoms with Crippen LogP contribution in [-0.4, -0.2) is 22.0 Å². The van der Waals surface area contributed by atoms with Gasteiger partial charge >= 0.3 is 5.97 Å². The minimum Gasteiger partial charge on any atom is -0.481 e. The van der Waals surface area contributed by atoms with E-state index in [-0.39, 0.29) is 11.8 Å². The second kappa shape index (κ2) is 6.91. The summed E-state index contributed by atoms with van der Waals surface area (Å²) in [7, 11) is 0. The number of hydrogen-bond donors (Lipinski definition) is 2. The molecule has 1 aromatic carbocycles. The Morgan fingerprint density at radius 3 is 2.57 bits per heavy atom. The van der Waals surface area contributed by atoms with Crippen molar-refractivity contribution < 1.29 is 14.7 Å². The highest BCUT2D eigenvalue weighted by Crippen LogP contribution is 2.30. The highest BCUT2D eigenvalue weighted by molar-refractivity contribution is 7.13. The number of aliphatic carboxylic acids is 1. The Hall–Kier alpha value is -2.21. The van der Waals surface area contributed by atoms with Gasteiger partial charge in [0.1, 0.15) is 5.01 Å². The second-order valence-electron chi connectivity index (χ2n) is 5.80. The zero-order chi connectivity index (χ0) is 16.2. The molecule has 2 N–H and O–H groups in total. The molecule has 3 rings (SSSR count). The molecule has 1 saturated carbocycles. The van der Waals surface area contributed by atoms with E-state index in [0.29, 0.717) is 12.8 Å². The number of aromatic nitrogens is 1. The van der Waals surface area contributed by atoms with Crippen LogP contribution in [0.25, 0.3) is 10.6 Å². The summed E-state index contributed by atoms with van der Waals surface area (Å²) in [6.45, 7) is 0. The van der Waals surface area contributed by atoms with Crippen LogP contribution in [0.5, 0.6) is 0 Å². The first-order valence-electron chi connectivity index (χ1n) is 7.67. The molecule has 1 aromatic heterocycles. The minimum absolute atomic E-state index is 0.0852. The molecule has 5 nitrogen and oxygen atoms in total. The summed E-state index contributed by atoms with van der Waals surface area (Å²) >= 11 is 1.57. The number of carbonyl (C=O) groups excluding carboxylic acids is 1. The zero-order valence-electron chi connectivity index (χ0n) is 12.6. The first-order chi connectivity index (χ1) is 11.1. The van der Waals surface area contributed by atoms with Crippen LogP contribution in [0.15, 0.2) is 35.8 Å². The van der Waals surface area contributed by atoms with Crippen molar-refractivity contribution in [1.82, 2.24) is 4.98 Å². The summed E-state index contributed by atoms with van der Waals surface area (Å²) in [6, 6.07) is 7.56. The first-order valence-corrected chi connectivity index (χ1v) is 8.55. The van der Waals surface area contributed by atoms with E-state index in [2.05, 4.69) is 10.3 Å². The molecule has 23 heavy (non-hydrogen) atoms. The van der Waals surface area contributed by atoms with Gasteiger partial charge in [0.2, 0.25) is 5.91 Å². The van der Waals surface area contributed by atoms with Gasteiger partial charge in [0.05, 0.1) is 5.92 Å². The lowest BCUT2D eigenvalue weighted by atomic mass is 9.81. The largest absolute Gasteiger partial charge is 0.481 e. The number of carboxylic acids is 1. The Morgan fingerprint density at radius 1 is 1.17 bits per heavy atom. The summed E-state index contributed by atoms with van der Waals surface area (Å²) in [6.07, 6.45) is 4.41. The minimum atomic E-state index is -0.796. The Balaban J connectivity index is 1.62. The van der Waals surface area contributed by atoms with Crippen LogP contribution in [-0.2, 0) is 9.59 Å². The molecule has 0 spiro atoms. The average Bonchev–Trinajstić information content (AvgIpc) is 3.10. The maximum atomic E-state index is 12.3. The van der Waals surface area contributed by atoms with Gasteiger partial charge in [-0.25, -0.2) is 4.98 Å². The number of anilines is 1. The van der Waals surface area contributed by atoms with Crippen molar-refractivity contribution in [2.45, 2.75) is 25.7 Å². The van der Waals surface area contributed by atoms with Crippen LogP contribution in [0.2, 0.25) is 0 Å². The number of nitrogens with zero attached hydrogens (tertiary/aromatic N) is 1. The molecule has 2 aromatic rings. The fourth-order valence-corrected chi connectivity index (χ4v) is 3.60. The highest BCUT2D eigenvalue weighted by Gasteiger charge is 2.30. The standard InChI is InChI=1S/C17H18N2O3S/c20-15(12-2-1-3-13(10-12)17(21)22)19-14-6-4-11(5-7-14)16-18-8-9-23-16/h4-9,12-13H,1-3,10H2,(H,19,20)(H,21,22). The third-order valence-corrected chi connectivity index (χ3v) is 5.05. The van der Waals surface area contributed by atoms with E-state index in [1.807, 2.05) is 29.6 Å². The Kier molecular flexibility index (Phi) is 4.71. The molecule has 1 fully saturated rings. The highest BCUT2D eigenvalue weighted by atomic mass is 32.1. The SMILES string of the molecule is O=C(O)C1CCCC(C(=O)Nc2ccc(-c3nccs3)cc2)C1. The van der Waals surface area contributed by atoms with E-state index >= 15 is 0 Å². The molecule has 1 amide bonds. The van der Waals surface area contributed by atoms with Crippen LogP contribution < -0.4 is 5.32 Å². The molecule has 0 radical (unpaired) electrons. The monoisotopic (exact) mass is 330 g/mol. The lowest BCUT2D eigenvalue weighted by Crippen LogP contribution is -2.30. The zero-order valence-corrected chi connectivity index (χ0v) is 13.4. The van der Waals surface area contributed by atoms with Crippen LogP contribution in [0.3, 0.4) is 0 Å². The molecular formula is C17H18N2O3S. The van der Waals surface area contributed by atoms with Crippen molar-refractivity contribution in [3.05, 3.63) is 35.8 Å². The summed E-state index contributed by atoms with van der Waals surface area (Å²) < 4.78 is 0. The van der Waals surface area contributed by atoms with E-state index in [1.165, 1.54) is 0 Å². The number of rotatable bonds is 4. The quantitative estimate of drug-likeness (QED) is 0.897. The van der Waals surface area contributed by atoms with Crippen molar-refractivity contribution in [2.24, 2.45) is 11.8 Å². The first kappa shape index (κ1) is 15.7. The molecular weight excluding hydrogens is 312 g/mol. The fraction of sp³-hybridized carbons (Fsp3) is 0.353. The van der Waals surface area contributed by atoms with Gasteiger partial charge in [0.15, 0.2) is 0 Å². The van der Waals surface area contributed by atoms with Gasteiger partial charge in [-0.05, 0) is 43.5 Å². The number of hydrogen-bond acceptors (Lipinski definition) is 4. The number of benzene rings is 1. The van der Waals surface area contributed by atoms with Gasteiger partial charge in [-0.2, -0.15) is 0 Å². The van der Waals surface area contributed by atoms with Crippen molar-refractivity contribution in [1.29, 1.82) is 0 Å². The second-order valence-corrected chi connectivity index (χ2v) is 6.70. The molecule has 6 heteroatoms. The molecule has 0 saturated heterocycles. The third kappa shape index (κ3) is 3.76. The summed E-state index contributed by atoms with van der Waals surface area (Å²) in [4.78, 5) is 27.7. The number of amides is 1. The number of thiazole rings is 1. The summed E-state index contributed by atoms with van der Waals surface area (Å²) in [5, 5.41) is 14.9. The lowest BCUT2D eigenvalue weighted by Gasteiger charge is -2.25. The Bertz CT molecular complexity index is 682. The smallest absolute Gasteiger partial charge is 0.306 e. The molecule has 1 heterocycles. The van der Waals surface area contributed by atoms with Crippen LogP contribution in [0.4, 0.5) is 5.69 Å². The van der Waals surface area contributed by atoms with E-state index in [9.17, 15) is 9.59 Å². The maximum absolute atomic E-state index is 12.3. The lowest BCUT2D eigenvalue weighted by molar-refractivity contribution is -0.143. The van der Waals surface area contributed by atoms with Gasteiger partial charge in [-0.3, -0.25) is 9.59 Å². The number of carboxylic acid groups (broad SMARTS) is 1. The Morgan fingerprint density at radius 2 is 1.91 bits per heavy atom. The van der Waals surface area contributed by atoms with Crippen LogP contribution in [0, 0.1) is 11.8 Å². The van der Waals surface area contributed by atoms with E-state index in [0.717, 1.165) is 29.1 Å². The van der Waals surface area contributed by atoms with Gasteiger partial charge in [-0.15, -0.1) is 11.3 Å². The van der Waals surface area contributed by atoms with E-state index < -0.39 is 11.9 Å². The van der Waals surface area contributed by atoms with Crippen molar-refractivity contribution in [3.63, 3.8) is 0 Å². The number of carbonyl (C=O) groups is 2. The topological polar surface area (TPSA) is 79.3 Å². The molecule has 1 aliphatic carbocycles.